The monoisotopic (exact) mass is 327 g/mol. The van der Waals surface area contributed by atoms with Crippen LogP contribution in [0, 0.1) is 5.92 Å². The minimum atomic E-state index is -0.902. The molecule has 112 valence electrons. The third-order valence-corrected chi connectivity index (χ3v) is 4.20. The predicted octanol–water partition coefficient (Wildman–Crippen LogP) is 3.07. The van der Waals surface area contributed by atoms with Gasteiger partial charge in [0.15, 0.2) is 0 Å². The van der Waals surface area contributed by atoms with Crippen LogP contribution in [0.1, 0.15) is 18.4 Å². The summed E-state index contributed by atoms with van der Waals surface area (Å²) in [7, 11) is 0. The van der Waals surface area contributed by atoms with E-state index in [0.29, 0.717) is 28.5 Å². The summed E-state index contributed by atoms with van der Waals surface area (Å²) in [5.74, 6) is -1.78. The molecule has 0 radical (unpaired) electrons. The molecule has 1 aliphatic carbocycles. The Morgan fingerprint density at radius 1 is 1.19 bits per heavy atom. The Kier molecular flexibility index (Phi) is 5.26. The minimum Gasteiger partial charge on any atom is -0.481 e. The Bertz CT molecular complexity index is 566. The fraction of sp³-hybridized carbons (Fsp3) is 0.333. The molecular formula is C15H15Cl2NO3. The van der Waals surface area contributed by atoms with E-state index in [1.54, 1.807) is 18.2 Å². The third-order valence-electron chi connectivity index (χ3n) is 3.50. The van der Waals surface area contributed by atoms with Gasteiger partial charge in [-0.3, -0.25) is 9.59 Å². The predicted molar refractivity (Wildman–Crippen MR) is 81.6 cm³/mol. The summed E-state index contributed by atoms with van der Waals surface area (Å²) in [6, 6.07) is 4.64. The molecule has 0 aromatic heterocycles. The van der Waals surface area contributed by atoms with E-state index in [1.807, 2.05) is 12.2 Å². The van der Waals surface area contributed by atoms with E-state index in [-0.39, 0.29) is 12.3 Å². The highest BCUT2D eigenvalue weighted by atomic mass is 35.5. The molecule has 0 spiro atoms. The molecule has 6 heteroatoms. The Balaban J connectivity index is 2.04. The first-order valence-corrected chi connectivity index (χ1v) is 7.34. The lowest BCUT2D eigenvalue weighted by molar-refractivity contribution is -0.143. The SMILES string of the molecule is O=C(Cc1c(Cl)cccc1Cl)N[C@H]1CC=CC[C@H]1C(=O)O. The quantitative estimate of drug-likeness (QED) is 0.835. The van der Waals surface area contributed by atoms with Crippen molar-refractivity contribution >= 4 is 35.1 Å². The fourth-order valence-electron chi connectivity index (χ4n) is 2.37. The number of amides is 1. The lowest BCUT2D eigenvalue weighted by Gasteiger charge is -2.26. The first-order chi connectivity index (χ1) is 9.99. The van der Waals surface area contributed by atoms with Crippen molar-refractivity contribution in [1.29, 1.82) is 0 Å². The fourth-order valence-corrected chi connectivity index (χ4v) is 2.90. The standard InChI is InChI=1S/C15H15Cl2NO3/c16-11-5-3-6-12(17)10(11)8-14(19)18-13-7-2-1-4-9(13)15(20)21/h1-3,5-6,9,13H,4,7-8H2,(H,18,19)(H,20,21)/t9-,13+/m1/s1. The summed E-state index contributed by atoms with van der Waals surface area (Å²) in [4.78, 5) is 23.3. The first kappa shape index (κ1) is 15.9. The molecule has 0 saturated heterocycles. The molecule has 0 bridgehead atoms. The number of carboxylic acids is 1. The van der Waals surface area contributed by atoms with Gasteiger partial charge in [0.1, 0.15) is 0 Å². The van der Waals surface area contributed by atoms with Gasteiger partial charge >= 0.3 is 5.97 Å². The second-order valence-electron chi connectivity index (χ2n) is 4.94. The lowest BCUT2D eigenvalue weighted by atomic mass is 9.89. The number of hydrogen-bond acceptors (Lipinski definition) is 2. The normalized spacial score (nSPS) is 21.0. The van der Waals surface area contributed by atoms with Gasteiger partial charge < -0.3 is 10.4 Å². The maximum absolute atomic E-state index is 12.1. The van der Waals surface area contributed by atoms with Gasteiger partial charge in [-0.1, -0.05) is 41.4 Å². The minimum absolute atomic E-state index is 0.0328. The molecule has 2 N–H and O–H groups in total. The van der Waals surface area contributed by atoms with E-state index in [0.717, 1.165) is 0 Å². The smallest absolute Gasteiger partial charge is 0.308 e. The summed E-state index contributed by atoms with van der Waals surface area (Å²) in [5, 5.41) is 12.8. The zero-order valence-electron chi connectivity index (χ0n) is 11.2. The Morgan fingerprint density at radius 2 is 1.81 bits per heavy atom. The second kappa shape index (κ2) is 6.96. The highest BCUT2D eigenvalue weighted by molar-refractivity contribution is 6.36. The number of carbonyl (C=O) groups is 2. The average Bonchev–Trinajstić information content (AvgIpc) is 2.43. The van der Waals surface area contributed by atoms with Crippen LogP contribution in [-0.4, -0.2) is 23.0 Å². The molecule has 0 aliphatic heterocycles. The third kappa shape index (κ3) is 3.99. The van der Waals surface area contributed by atoms with Gasteiger partial charge in [-0.05, 0) is 30.5 Å². The number of benzene rings is 1. The van der Waals surface area contributed by atoms with Crippen LogP contribution < -0.4 is 5.32 Å². The van der Waals surface area contributed by atoms with Crippen molar-refractivity contribution in [3.63, 3.8) is 0 Å². The summed E-state index contributed by atoms with van der Waals surface area (Å²) in [5.41, 5.74) is 0.552. The van der Waals surface area contributed by atoms with Gasteiger partial charge in [-0.2, -0.15) is 0 Å². The van der Waals surface area contributed by atoms with Crippen LogP contribution >= 0.6 is 23.2 Å². The van der Waals surface area contributed by atoms with Crippen LogP contribution in [0.3, 0.4) is 0 Å². The van der Waals surface area contributed by atoms with Crippen molar-refractivity contribution in [2.75, 3.05) is 0 Å². The maximum Gasteiger partial charge on any atom is 0.308 e. The number of allylic oxidation sites excluding steroid dienone is 1. The van der Waals surface area contributed by atoms with Crippen molar-refractivity contribution in [2.45, 2.75) is 25.3 Å². The molecule has 21 heavy (non-hydrogen) atoms. The van der Waals surface area contributed by atoms with Crippen LogP contribution in [0.4, 0.5) is 0 Å². The highest BCUT2D eigenvalue weighted by Gasteiger charge is 2.29. The number of rotatable bonds is 4. The summed E-state index contributed by atoms with van der Waals surface area (Å²) in [6.45, 7) is 0. The van der Waals surface area contributed by atoms with E-state index in [1.165, 1.54) is 0 Å². The molecule has 1 aliphatic rings. The Labute approximate surface area is 132 Å². The molecule has 1 aromatic rings. The molecule has 0 saturated carbocycles. The zero-order chi connectivity index (χ0) is 15.4. The van der Waals surface area contributed by atoms with Gasteiger partial charge in [0.05, 0.1) is 12.3 Å². The van der Waals surface area contributed by atoms with Crippen molar-refractivity contribution < 1.29 is 14.7 Å². The molecule has 1 aromatic carbocycles. The molecule has 0 fully saturated rings. The van der Waals surface area contributed by atoms with Crippen molar-refractivity contribution in [2.24, 2.45) is 5.92 Å². The van der Waals surface area contributed by atoms with Crippen molar-refractivity contribution in [3.05, 3.63) is 46.0 Å². The largest absolute Gasteiger partial charge is 0.481 e. The topological polar surface area (TPSA) is 66.4 Å². The average molecular weight is 328 g/mol. The molecule has 2 atom stereocenters. The molecule has 1 amide bonds. The number of hydrogen-bond donors (Lipinski definition) is 2. The number of nitrogens with one attached hydrogen (secondary N) is 1. The van der Waals surface area contributed by atoms with Crippen molar-refractivity contribution in [3.8, 4) is 0 Å². The van der Waals surface area contributed by atoms with Crippen LogP contribution in [0.25, 0.3) is 0 Å². The highest BCUT2D eigenvalue weighted by Crippen LogP contribution is 2.25. The van der Waals surface area contributed by atoms with Crippen LogP contribution in [0.15, 0.2) is 30.4 Å². The van der Waals surface area contributed by atoms with Gasteiger partial charge in [0, 0.05) is 16.1 Å². The van der Waals surface area contributed by atoms with Gasteiger partial charge in [0.25, 0.3) is 0 Å². The second-order valence-corrected chi connectivity index (χ2v) is 5.75. The molecule has 0 heterocycles. The number of carboxylic acid groups (broad SMARTS) is 1. The van der Waals surface area contributed by atoms with Gasteiger partial charge in [-0.15, -0.1) is 0 Å². The first-order valence-electron chi connectivity index (χ1n) is 6.59. The summed E-state index contributed by atoms with van der Waals surface area (Å²) in [6.07, 6.45) is 4.68. The molecule has 4 nitrogen and oxygen atoms in total. The Hall–Kier alpha value is -1.52. The lowest BCUT2D eigenvalue weighted by Crippen LogP contribution is -2.44. The van der Waals surface area contributed by atoms with E-state index < -0.39 is 17.9 Å². The van der Waals surface area contributed by atoms with Crippen LogP contribution in [0.5, 0.6) is 0 Å². The van der Waals surface area contributed by atoms with E-state index in [9.17, 15) is 14.7 Å². The Morgan fingerprint density at radius 3 is 2.43 bits per heavy atom. The number of halogens is 2. The zero-order valence-corrected chi connectivity index (χ0v) is 12.7. The van der Waals surface area contributed by atoms with Crippen molar-refractivity contribution in [1.82, 2.24) is 5.32 Å². The maximum atomic E-state index is 12.1. The van der Waals surface area contributed by atoms with Gasteiger partial charge in [-0.25, -0.2) is 0 Å². The van der Waals surface area contributed by atoms with E-state index >= 15 is 0 Å². The van der Waals surface area contributed by atoms with E-state index in [2.05, 4.69) is 5.32 Å². The summed E-state index contributed by atoms with van der Waals surface area (Å²) >= 11 is 12.1. The van der Waals surface area contributed by atoms with E-state index in [4.69, 9.17) is 23.2 Å². The number of carbonyl (C=O) groups excluding carboxylic acids is 1. The molecule has 0 unspecified atom stereocenters. The van der Waals surface area contributed by atoms with Crippen LogP contribution in [-0.2, 0) is 16.0 Å². The molecule has 2 rings (SSSR count). The number of aliphatic carboxylic acids is 1. The van der Waals surface area contributed by atoms with Crippen LogP contribution in [0.2, 0.25) is 10.0 Å². The summed E-state index contributed by atoms with van der Waals surface area (Å²) < 4.78 is 0. The molecular weight excluding hydrogens is 313 g/mol. The van der Waals surface area contributed by atoms with Gasteiger partial charge in [0.2, 0.25) is 5.91 Å².